The summed E-state index contributed by atoms with van der Waals surface area (Å²) in [5.41, 5.74) is 5.44. The van der Waals surface area contributed by atoms with E-state index >= 15 is 0 Å². The summed E-state index contributed by atoms with van der Waals surface area (Å²) in [6, 6.07) is 0. The van der Waals surface area contributed by atoms with Crippen molar-refractivity contribution in [1.82, 2.24) is 0 Å². The van der Waals surface area contributed by atoms with Crippen molar-refractivity contribution in [2.45, 2.75) is 37.9 Å². The summed E-state index contributed by atoms with van der Waals surface area (Å²) in [6.07, 6.45) is 9.72. The fourth-order valence-corrected chi connectivity index (χ4v) is 2.15. The maximum absolute atomic E-state index is 5.44. The van der Waals surface area contributed by atoms with Crippen LogP contribution in [0.25, 0.3) is 0 Å². The predicted octanol–water partition coefficient (Wildman–Crippen LogP) is 2.07. The van der Waals surface area contributed by atoms with Gasteiger partial charge >= 0.3 is 0 Å². The van der Waals surface area contributed by atoms with Gasteiger partial charge in [0.1, 0.15) is 0 Å². The molecule has 1 fully saturated rings. The van der Waals surface area contributed by atoms with Gasteiger partial charge in [0, 0.05) is 27.1 Å². The Bertz CT molecular complexity index is 190. The Labute approximate surface area is 92.6 Å². The minimum Gasteiger partial charge on any atom is -0.353 e. The second-order valence-electron chi connectivity index (χ2n) is 4.16. The van der Waals surface area contributed by atoms with Gasteiger partial charge in [0.05, 0.1) is 0 Å². The zero-order valence-electron chi connectivity index (χ0n) is 9.87. The highest BCUT2D eigenvalue weighted by Crippen LogP contribution is 2.35. The van der Waals surface area contributed by atoms with E-state index in [0.717, 1.165) is 38.6 Å². The molecule has 0 radical (unpaired) electrons. The summed E-state index contributed by atoms with van der Waals surface area (Å²) in [7, 11) is 3.46. The van der Waals surface area contributed by atoms with Gasteiger partial charge in [-0.15, -0.1) is 0 Å². The van der Waals surface area contributed by atoms with Crippen LogP contribution in [0, 0.1) is 5.92 Å². The molecule has 0 saturated heterocycles. The predicted molar refractivity (Wildman–Crippen MR) is 61.5 cm³/mol. The smallest absolute Gasteiger partial charge is 0.167 e. The third kappa shape index (κ3) is 3.59. The number of allylic oxidation sites excluding steroid dienone is 1. The number of hydrogen-bond donors (Lipinski definition) is 1. The first kappa shape index (κ1) is 12.7. The Balaban J connectivity index is 2.34. The van der Waals surface area contributed by atoms with Gasteiger partial charge in [0.25, 0.3) is 0 Å². The summed E-state index contributed by atoms with van der Waals surface area (Å²) in [4.78, 5) is 0. The molecule has 0 heterocycles. The molecule has 1 saturated carbocycles. The molecule has 2 N–H and O–H groups in total. The highest BCUT2D eigenvalue weighted by molar-refractivity contribution is 4.93. The summed E-state index contributed by atoms with van der Waals surface area (Å²) >= 11 is 0. The second-order valence-corrected chi connectivity index (χ2v) is 4.16. The average molecular weight is 213 g/mol. The first-order valence-corrected chi connectivity index (χ1v) is 5.73. The van der Waals surface area contributed by atoms with E-state index in [4.69, 9.17) is 15.2 Å². The van der Waals surface area contributed by atoms with Crippen LogP contribution >= 0.6 is 0 Å². The van der Waals surface area contributed by atoms with Crippen molar-refractivity contribution in [3.8, 4) is 0 Å². The van der Waals surface area contributed by atoms with E-state index in [9.17, 15) is 0 Å². The van der Waals surface area contributed by atoms with Crippen LogP contribution in [0.3, 0.4) is 0 Å². The monoisotopic (exact) mass is 213 g/mol. The van der Waals surface area contributed by atoms with Gasteiger partial charge in [-0.1, -0.05) is 12.2 Å². The van der Waals surface area contributed by atoms with Gasteiger partial charge < -0.3 is 15.2 Å². The number of rotatable bonds is 5. The molecule has 15 heavy (non-hydrogen) atoms. The molecule has 3 nitrogen and oxygen atoms in total. The molecule has 3 heteroatoms. The standard InChI is InChI=1S/C12H23NO2/c1-14-12(15-2)8-6-11(7-9-12)5-3-4-10-13/h3,5,11H,4,6-10,13H2,1-2H3. The molecule has 1 rings (SSSR count). The van der Waals surface area contributed by atoms with Crippen molar-refractivity contribution in [3.05, 3.63) is 12.2 Å². The number of nitrogens with two attached hydrogens (primary N) is 1. The Kier molecular flexibility index (Phi) is 5.29. The quantitative estimate of drug-likeness (QED) is 0.561. The van der Waals surface area contributed by atoms with Crippen LogP contribution in [0.5, 0.6) is 0 Å². The molecule has 0 aromatic heterocycles. The van der Waals surface area contributed by atoms with E-state index < -0.39 is 0 Å². The van der Waals surface area contributed by atoms with E-state index in [1.54, 1.807) is 14.2 Å². The molecule has 0 bridgehead atoms. The third-order valence-corrected chi connectivity index (χ3v) is 3.28. The molecule has 0 amide bonds. The molecule has 0 aromatic carbocycles. The fraction of sp³-hybridized carbons (Fsp3) is 0.833. The van der Waals surface area contributed by atoms with Gasteiger partial charge in [0.15, 0.2) is 5.79 Å². The lowest BCUT2D eigenvalue weighted by molar-refractivity contribution is -0.225. The average Bonchev–Trinajstić information content (AvgIpc) is 2.31. The molecule has 0 atom stereocenters. The van der Waals surface area contributed by atoms with E-state index in [2.05, 4.69) is 12.2 Å². The molecule has 0 aliphatic heterocycles. The summed E-state index contributed by atoms with van der Waals surface area (Å²) in [6.45, 7) is 0.739. The SMILES string of the molecule is COC1(OC)CCC(C=CCCN)CC1. The number of ether oxygens (including phenoxy) is 2. The van der Waals surface area contributed by atoms with Crippen LogP contribution in [0.15, 0.2) is 12.2 Å². The van der Waals surface area contributed by atoms with Crippen molar-refractivity contribution in [2.24, 2.45) is 11.7 Å². The van der Waals surface area contributed by atoms with E-state index in [1.165, 1.54) is 0 Å². The van der Waals surface area contributed by atoms with Gasteiger partial charge in [-0.3, -0.25) is 0 Å². The van der Waals surface area contributed by atoms with Gasteiger partial charge in [-0.05, 0) is 31.7 Å². The van der Waals surface area contributed by atoms with Crippen LogP contribution in [0.1, 0.15) is 32.1 Å². The topological polar surface area (TPSA) is 44.5 Å². The molecular weight excluding hydrogens is 190 g/mol. The van der Waals surface area contributed by atoms with Crippen molar-refractivity contribution < 1.29 is 9.47 Å². The molecule has 88 valence electrons. The lowest BCUT2D eigenvalue weighted by Crippen LogP contribution is -2.37. The Morgan fingerprint density at radius 1 is 1.27 bits per heavy atom. The summed E-state index contributed by atoms with van der Waals surface area (Å²) in [5.74, 6) is 0.355. The third-order valence-electron chi connectivity index (χ3n) is 3.28. The largest absolute Gasteiger partial charge is 0.353 e. The van der Waals surface area contributed by atoms with E-state index in [1.807, 2.05) is 0 Å². The summed E-state index contributed by atoms with van der Waals surface area (Å²) < 4.78 is 10.9. The lowest BCUT2D eigenvalue weighted by atomic mass is 9.84. The molecule has 0 spiro atoms. The highest BCUT2D eigenvalue weighted by Gasteiger charge is 2.34. The lowest BCUT2D eigenvalue weighted by Gasteiger charge is -2.37. The minimum absolute atomic E-state index is 0.321. The minimum atomic E-state index is -0.321. The number of methoxy groups -OCH3 is 2. The highest BCUT2D eigenvalue weighted by atomic mass is 16.7. The van der Waals surface area contributed by atoms with Crippen molar-refractivity contribution >= 4 is 0 Å². The van der Waals surface area contributed by atoms with Crippen molar-refractivity contribution in [1.29, 1.82) is 0 Å². The van der Waals surface area contributed by atoms with Crippen LogP contribution in [0.4, 0.5) is 0 Å². The van der Waals surface area contributed by atoms with Crippen LogP contribution in [0.2, 0.25) is 0 Å². The fourth-order valence-electron chi connectivity index (χ4n) is 2.15. The Morgan fingerprint density at radius 3 is 2.33 bits per heavy atom. The summed E-state index contributed by atoms with van der Waals surface area (Å²) in [5, 5.41) is 0. The maximum Gasteiger partial charge on any atom is 0.167 e. The van der Waals surface area contributed by atoms with Gasteiger partial charge in [0.2, 0.25) is 0 Å². The molecule has 0 aromatic rings. The first-order chi connectivity index (χ1) is 7.26. The van der Waals surface area contributed by atoms with Crippen LogP contribution < -0.4 is 5.73 Å². The maximum atomic E-state index is 5.44. The zero-order valence-corrected chi connectivity index (χ0v) is 9.87. The second kappa shape index (κ2) is 6.26. The molecule has 0 unspecified atom stereocenters. The van der Waals surface area contributed by atoms with Gasteiger partial charge in [-0.25, -0.2) is 0 Å². The first-order valence-electron chi connectivity index (χ1n) is 5.73. The molecular formula is C12H23NO2. The molecule has 1 aliphatic rings. The van der Waals surface area contributed by atoms with E-state index in [-0.39, 0.29) is 5.79 Å². The van der Waals surface area contributed by atoms with Crippen molar-refractivity contribution in [2.75, 3.05) is 20.8 Å². The van der Waals surface area contributed by atoms with Gasteiger partial charge in [-0.2, -0.15) is 0 Å². The van der Waals surface area contributed by atoms with E-state index in [0.29, 0.717) is 5.92 Å². The van der Waals surface area contributed by atoms with Crippen molar-refractivity contribution in [3.63, 3.8) is 0 Å². The number of hydrogen-bond acceptors (Lipinski definition) is 3. The van der Waals surface area contributed by atoms with Crippen LogP contribution in [-0.4, -0.2) is 26.6 Å². The normalized spacial score (nSPS) is 22.3. The van der Waals surface area contributed by atoms with Crippen LogP contribution in [-0.2, 0) is 9.47 Å². The molecule has 1 aliphatic carbocycles. The Hall–Kier alpha value is -0.380. The Morgan fingerprint density at radius 2 is 1.87 bits per heavy atom. The zero-order chi connectivity index (χ0) is 11.1.